The Morgan fingerprint density at radius 2 is 2.07 bits per heavy atom. The zero-order valence-corrected chi connectivity index (χ0v) is 9.19. The van der Waals surface area contributed by atoms with E-state index in [1.807, 2.05) is 50.3 Å². The Labute approximate surface area is 90.6 Å². The maximum Gasteiger partial charge on any atom is 0.338 e. The lowest BCUT2D eigenvalue weighted by Crippen LogP contribution is -1.96. The fourth-order valence-electron chi connectivity index (χ4n) is 1.37. The molecule has 15 heavy (non-hydrogen) atoms. The third-order valence-electron chi connectivity index (χ3n) is 2.12. The van der Waals surface area contributed by atoms with Crippen LogP contribution in [-0.4, -0.2) is 12.6 Å². The predicted octanol–water partition coefficient (Wildman–Crippen LogP) is 2.94. The molecular weight excluding hydrogens is 188 g/mol. The molecule has 0 unspecified atom stereocenters. The molecule has 0 saturated heterocycles. The highest BCUT2D eigenvalue weighted by Gasteiger charge is 2.20. The number of hydrogen-bond acceptors (Lipinski definition) is 2. The van der Waals surface area contributed by atoms with E-state index < -0.39 is 0 Å². The van der Waals surface area contributed by atoms with Gasteiger partial charge < -0.3 is 4.74 Å². The van der Waals surface area contributed by atoms with Gasteiger partial charge in [-0.2, -0.15) is 0 Å². The summed E-state index contributed by atoms with van der Waals surface area (Å²) in [5.41, 5.74) is 1.77. The molecule has 0 atom stereocenters. The maximum absolute atomic E-state index is 11.3. The normalized spacial score (nSPS) is 17.6. The summed E-state index contributed by atoms with van der Waals surface area (Å²) in [6.45, 7) is 4.29. The number of ether oxygens (including phenoxy) is 1. The second kappa shape index (κ2) is 6.02. The fraction of sp³-hybridized carbons (Fsp3) is 0.308. The van der Waals surface area contributed by atoms with Crippen LogP contribution >= 0.6 is 0 Å². The van der Waals surface area contributed by atoms with Crippen molar-refractivity contribution in [2.24, 2.45) is 0 Å². The monoisotopic (exact) mass is 204 g/mol. The van der Waals surface area contributed by atoms with Crippen LogP contribution in [0.4, 0.5) is 0 Å². The Kier molecular flexibility index (Phi) is 4.61. The van der Waals surface area contributed by atoms with Gasteiger partial charge >= 0.3 is 5.97 Å². The Hall–Kier alpha value is -1.57. The van der Waals surface area contributed by atoms with Crippen molar-refractivity contribution in [1.82, 2.24) is 0 Å². The molecule has 1 aliphatic rings. The molecule has 1 heterocycles. The molecule has 0 bridgehead atoms. The molecule has 0 aromatic rings. The van der Waals surface area contributed by atoms with Crippen LogP contribution in [-0.2, 0) is 9.53 Å². The van der Waals surface area contributed by atoms with Crippen LogP contribution < -0.4 is 0 Å². The first kappa shape index (κ1) is 11.5. The van der Waals surface area contributed by atoms with Gasteiger partial charge in [-0.3, -0.25) is 0 Å². The summed E-state index contributed by atoms with van der Waals surface area (Å²) < 4.78 is 4.97. The average Bonchev–Trinajstić information content (AvgIpc) is 2.57. The molecule has 80 valence electrons. The molecule has 0 amide bonds. The number of cyclic esters (lactones) is 1. The predicted molar refractivity (Wildman–Crippen MR) is 61.4 cm³/mol. The van der Waals surface area contributed by atoms with Crippen molar-refractivity contribution in [3.05, 3.63) is 47.6 Å². The van der Waals surface area contributed by atoms with Gasteiger partial charge in [-0.1, -0.05) is 36.5 Å². The second-order valence-electron chi connectivity index (χ2n) is 3.25. The molecule has 0 N–H and O–H groups in total. The molecule has 1 rings (SSSR count). The molecule has 0 aromatic carbocycles. The average molecular weight is 204 g/mol. The molecule has 0 fully saturated rings. The van der Waals surface area contributed by atoms with Gasteiger partial charge in [0.15, 0.2) is 0 Å². The van der Waals surface area contributed by atoms with E-state index in [4.69, 9.17) is 4.74 Å². The van der Waals surface area contributed by atoms with Gasteiger partial charge in [0.1, 0.15) is 6.61 Å². The first-order chi connectivity index (χ1) is 7.29. The van der Waals surface area contributed by atoms with E-state index in [0.29, 0.717) is 12.2 Å². The van der Waals surface area contributed by atoms with Crippen molar-refractivity contribution in [2.45, 2.75) is 20.3 Å². The minimum Gasteiger partial charge on any atom is -0.458 e. The molecule has 1 aliphatic heterocycles. The van der Waals surface area contributed by atoms with E-state index >= 15 is 0 Å². The van der Waals surface area contributed by atoms with Crippen LogP contribution in [0.3, 0.4) is 0 Å². The number of allylic oxidation sites excluding steroid dienone is 5. The van der Waals surface area contributed by atoms with Crippen LogP contribution in [0.25, 0.3) is 0 Å². The van der Waals surface area contributed by atoms with Crippen molar-refractivity contribution < 1.29 is 9.53 Å². The fourth-order valence-corrected chi connectivity index (χ4v) is 1.37. The van der Waals surface area contributed by atoms with E-state index in [0.717, 1.165) is 12.0 Å². The minimum absolute atomic E-state index is 0.206. The van der Waals surface area contributed by atoms with Gasteiger partial charge in [-0.05, 0) is 25.8 Å². The number of carbonyl (C=O) groups is 1. The van der Waals surface area contributed by atoms with Crippen LogP contribution in [0.5, 0.6) is 0 Å². The van der Waals surface area contributed by atoms with Crippen LogP contribution in [0.2, 0.25) is 0 Å². The van der Waals surface area contributed by atoms with E-state index in [1.165, 1.54) is 0 Å². The van der Waals surface area contributed by atoms with Gasteiger partial charge in [0.05, 0.1) is 5.57 Å². The summed E-state index contributed by atoms with van der Waals surface area (Å²) in [6, 6.07) is 0. The smallest absolute Gasteiger partial charge is 0.338 e. The minimum atomic E-state index is -0.206. The largest absolute Gasteiger partial charge is 0.458 e. The van der Waals surface area contributed by atoms with Gasteiger partial charge in [-0.15, -0.1) is 0 Å². The second-order valence-corrected chi connectivity index (χ2v) is 3.25. The molecule has 2 heteroatoms. The third kappa shape index (κ3) is 3.24. The number of esters is 1. The Morgan fingerprint density at radius 3 is 2.73 bits per heavy atom. The molecular formula is C13H16O2. The summed E-state index contributed by atoms with van der Waals surface area (Å²) in [4.78, 5) is 11.3. The summed E-state index contributed by atoms with van der Waals surface area (Å²) in [7, 11) is 0. The quantitative estimate of drug-likeness (QED) is 0.520. The van der Waals surface area contributed by atoms with Gasteiger partial charge in [-0.25, -0.2) is 4.79 Å². The van der Waals surface area contributed by atoms with Crippen LogP contribution in [0, 0.1) is 0 Å². The molecule has 0 radical (unpaired) electrons. The van der Waals surface area contributed by atoms with Crippen LogP contribution in [0.1, 0.15) is 20.3 Å². The molecule has 0 aliphatic carbocycles. The van der Waals surface area contributed by atoms with Crippen molar-refractivity contribution in [2.75, 3.05) is 6.61 Å². The number of rotatable bonds is 4. The van der Waals surface area contributed by atoms with Gasteiger partial charge in [0.2, 0.25) is 0 Å². The van der Waals surface area contributed by atoms with Crippen molar-refractivity contribution in [1.29, 1.82) is 0 Å². The molecule has 0 spiro atoms. The highest BCUT2D eigenvalue weighted by molar-refractivity contribution is 5.94. The highest BCUT2D eigenvalue weighted by Crippen LogP contribution is 2.20. The van der Waals surface area contributed by atoms with Crippen molar-refractivity contribution in [3.63, 3.8) is 0 Å². The summed E-state index contributed by atoms with van der Waals surface area (Å²) in [5, 5.41) is 0. The Bertz CT molecular complexity index is 344. The van der Waals surface area contributed by atoms with Gasteiger partial charge in [0, 0.05) is 0 Å². The summed E-state index contributed by atoms with van der Waals surface area (Å²) in [5.74, 6) is -0.206. The lowest BCUT2D eigenvalue weighted by atomic mass is 10.1. The zero-order chi connectivity index (χ0) is 11.1. The first-order valence-electron chi connectivity index (χ1n) is 5.09. The first-order valence-corrected chi connectivity index (χ1v) is 5.09. The zero-order valence-electron chi connectivity index (χ0n) is 9.19. The molecule has 0 aromatic heterocycles. The molecule has 2 nitrogen and oxygen atoms in total. The summed E-state index contributed by atoms with van der Waals surface area (Å²) in [6.07, 6.45) is 12.4. The van der Waals surface area contributed by atoms with Crippen molar-refractivity contribution >= 4 is 5.97 Å². The number of carbonyl (C=O) groups excluding carboxylic acids is 1. The third-order valence-corrected chi connectivity index (χ3v) is 2.12. The van der Waals surface area contributed by atoms with E-state index in [2.05, 4.69) is 0 Å². The standard InChI is InChI=1S/C13H16O2/c1-3-5-6-7-9-11-10-15-13(14)12(11)8-4-2/h3-8H,9-10H2,1-2H3. The lowest BCUT2D eigenvalue weighted by Gasteiger charge is -1.93. The van der Waals surface area contributed by atoms with E-state index in [1.54, 1.807) is 0 Å². The van der Waals surface area contributed by atoms with E-state index in [-0.39, 0.29) is 5.97 Å². The Morgan fingerprint density at radius 1 is 1.27 bits per heavy atom. The van der Waals surface area contributed by atoms with Crippen LogP contribution in [0.15, 0.2) is 47.6 Å². The van der Waals surface area contributed by atoms with Gasteiger partial charge in [0.25, 0.3) is 0 Å². The lowest BCUT2D eigenvalue weighted by molar-refractivity contribution is -0.135. The number of hydrogen-bond donors (Lipinski definition) is 0. The summed E-state index contributed by atoms with van der Waals surface area (Å²) >= 11 is 0. The maximum atomic E-state index is 11.3. The van der Waals surface area contributed by atoms with E-state index in [9.17, 15) is 4.79 Å². The Balaban J connectivity index is 2.69. The molecule has 0 saturated carbocycles. The topological polar surface area (TPSA) is 26.3 Å². The van der Waals surface area contributed by atoms with Crippen molar-refractivity contribution in [3.8, 4) is 0 Å². The highest BCUT2D eigenvalue weighted by atomic mass is 16.5. The SMILES string of the molecule is CC=CC=CCC1=C(C=CC)C(=O)OC1.